The number of carbonyl (C=O) groups is 1. The third-order valence-corrected chi connectivity index (χ3v) is 4.62. The Labute approximate surface area is 159 Å². The van der Waals surface area contributed by atoms with Crippen LogP contribution in [-0.4, -0.2) is 26.7 Å². The van der Waals surface area contributed by atoms with E-state index in [1.54, 1.807) is 24.3 Å². The average Bonchev–Trinajstić information content (AvgIpc) is 3.36. The van der Waals surface area contributed by atoms with Crippen LogP contribution in [0.4, 0.5) is 5.69 Å². The first kappa shape index (κ1) is 17.2. The number of hydrogen-bond acceptors (Lipinski definition) is 4. The normalized spacial score (nSPS) is 13.4. The van der Waals surface area contributed by atoms with Gasteiger partial charge in [0.15, 0.2) is 0 Å². The number of amides is 1. The highest BCUT2D eigenvalue weighted by molar-refractivity contribution is 6.33. The zero-order chi connectivity index (χ0) is 19.0. The van der Waals surface area contributed by atoms with E-state index in [1.165, 1.54) is 16.8 Å². The molecule has 0 unspecified atom stereocenters. The molecule has 1 amide bonds. The van der Waals surface area contributed by atoms with Crippen LogP contribution in [0.15, 0.2) is 54.6 Å². The molecule has 1 aliphatic carbocycles. The highest BCUT2D eigenvalue weighted by Crippen LogP contribution is 2.29. The molecule has 4 rings (SSSR count). The molecule has 3 aromatic rings. The van der Waals surface area contributed by atoms with Crippen molar-refractivity contribution in [3.05, 3.63) is 75.4 Å². The average molecular weight is 383 g/mol. The smallest absolute Gasteiger partial charge is 0.271 e. The molecule has 1 heterocycles. The molecule has 1 aromatic heterocycles. The molecule has 7 nitrogen and oxygen atoms in total. The third-order valence-electron chi connectivity index (χ3n) is 4.29. The maximum Gasteiger partial charge on any atom is 0.271 e. The maximum atomic E-state index is 12.7. The standard InChI is InChI=1S/C19H15ClN4O3/c20-16-7-2-1-6-15(16)17-11-18(19(25)21-12-8-9-12)23(22-17)13-4-3-5-14(10-13)24(26)27/h1-7,10-12H,8-9H2,(H,21,25). The van der Waals surface area contributed by atoms with Gasteiger partial charge in [-0.1, -0.05) is 35.9 Å². The lowest BCUT2D eigenvalue weighted by Gasteiger charge is -2.07. The van der Waals surface area contributed by atoms with Gasteiger partial charge >= 0.3 is 0 Å². The SMILES string of the molecule is O=C(NC1CC1)c1cc(-c2ccccc2Cl)nn1-c1cccc([N+](=O)[O-])c1. The van der Waals surface area contributed by atoms with Gasteiger partial charge in [0.2, 0.25) is 0 Å². The van der Waals surface area contributed by atoms with Gasteiger partial charge in [0.25, 0.3) is 11.6 Å². The summed E-state index contributed by atoms with van der Waals surface area (Å²) >= 11 is 6.27. The largest absolute Gasteiger partial charge is 0.348 e. The summed E-state index contributed by atoms with van der Waals surface area (Å²) in [4.78, 5) is 23.3. The first-order valence-electron chi connectivity index (χ1n) is 8.43. The third kappa shape index (κ3) is 3.54. The Hall–Kier alpha value is -3.19. The number of benzene rings is 2. The molecule has 0 saturated heterocycles. The fourth-order valence-corrected chi connectivity index (χ4v) is 3.00. The number of non-ortho nitro benzene ring substituents is 1. The van der Waals surface area contributed by atoms with Gasteiger partial charge < -0.3 is 5.32 Å². The van der Waals surface area contributed by atoms with Crippen molar-refractivity contribution in [1.82, 2.24) is 15.1 Å². The van der Waals surface area contributed by atoms with Gasteiger partial charge in [-0.3, -0.25) is 14.9 Å². The van der Waals surface area contributed by atoms with Crippen molar-refractivity contribution in [1.29, 1.82) is 0 Å². The molecule has 0 spiro atoms. The fraction of sp³-hybridized carbons (Fsp3) is 0.158. The number of nitrogens with one attached hydrogen (secondary N) is 1. The Kier molecular flexibility index (Phi) is 4.37. The van der Waals surface area contributed by atoms with Gasteiger partial charge in [-0.05, 0) is 31.0 Å². The van der Waals surface area contributed by atoms with E-state index in [0.29, 0.717) is 27.7 Å². The molecule has 136 valence electrons. The van der Waals surface area contributed by atoms with Crippen LogP contribution in [0.1, 0.15) is 23.3 Å². The predicted octanol–water partition coefficient (Wildman–Crippen LogP) is 3.99. The van der Waals surface area contributed by atoms with Crippen molar-refractivity contribution in [2.45, 2.75) is 18.9 Å². The van der Waals surface area contributed by atoms with E-state index >= 15 is 0 Å². The second kappa shape index (κ2) is 6.85. The molecular formula is C19H15ClN4O3. The van der Waals surface area contributed by atoms with Crippen LogP contribution in [-0.2, 0) is 0 Å². The van der Waals surface area contributed by atoms with Gasteiger partial charge in [-0.2, -0.15) is 5.10 Å². The van der Waals surface area contributed by atoms with Gasteiger partial charge in [0.1, 0.15) is 5.69 Å². The topological polar surface area (TPSA) is 90.1 Å². The van der Waals surface area contributed by atoms with Crippen LogP contribution < -0.4 is 5.32 Å². The highest BCUT2D eigenvalue weighted by atomic mass is 35.5. The number of nitro groups is 1. The summed E-state index contributed by atoms with van der Waals surface area (Å²) in [5, 5.41) is 19.1. The maximum absolute atomic E-state index is 12.7. The Bertz CT molecular complexity index is 1040. The van der Waals surface area contributed by atoms with E-state index in [4.69, 9.17) is 11.6 Å². The van der Waals surface area contributed by atoms with Crippen molar-refractivity contribution < 1.29 is 9.72 Å². The minimum Gasteiger partial charge on any atom is -0.348 e. The number of halogens is 1. The number of hydrogen-bond donors (Lipinski definition) is 1. The summed E-state index contributed by atoms with van der Waals surface area (Å²) in [6, 6.07) is 15.0. The summed E-state index contributed by atoms with van der Waals surface area (Å²) in [5.41, 5.74) is 1.87. The summed E-state index contributed by atoms with van der Waals surface area (Å²) in [5.74, 6) is -0.269. The predicted molar refractivity (Wildman–Crippen MR) is 101 cm³/mol. The molecule has 1 saturated carbocycles. The van der Waals surface area contributed by atoms with Gasteiger partial charge in [-0.25, -0.2) is 4.68 Å². The van der Waals surface area contributed by atoms with E-state index < -0.39 is 4.92 Å². The van der Waals surface area contributed by atoms with Crippen LogP contribution in [0.25, 0.3) is 16.9 Å². The lowest BCUT2D eigenvalue weighted by molar-refractivity contribution is -0.384. The van der Waals surface area contributed by atoms with Gasteiger partial charge in [-0.15, -0.1) is 0 Å². The van der Waals surface area contributed by atoms with Crippen LogP contribution in [0.3, 0.4) is 0 Å². The monoisotopic (exact) mass is 382 g/mol. The molecule has 1 aliphatic rings. The van der Waals surface area contributed by atoms with Crippen LogP contribution in [0, 0.1) is 10.1 Å². The molecule has 0 aliphatic heterocycles. The van der Waals surface area contributed by atoms with Crippen molar-refractivity contribution in [3.63, 3.8) is 0 Å². The number of carbonyl (C=O) groups excluding carboxylic acids is 1. The lowest BCUT2D eigenvalue weighted by atomic mass is 10.1. The Morgan fingerprint density at radius 3 is 2.67 bits per heavy atom. The second-order valence-corrected chi connectivity index (χ2v) is 6.74. The molecule has 0 atom stereocenters. The first-order valence-corrected chi connectivity index (χ1v) is 8.81. The van der Waals surface area contributed by atoms with Crippen molar-refractivity contribution in [3.8, 4) is 16.9 Å². The number of nitro benzene ring substituents is 1. The van der Waals surface area contributed by atoms with Gasteiger partial charge in [0, 0.05) is 23.7 Å². The molecule has 0 radical (unpaired) electrons. The van der Waals surface area contributed by atoms with E-state index in [-0.39, 0.29) is 17.6 Å². The minimum absolute atomic E-state index is 0.0733. The second-order valence-electron chi connectivity index (χ2n) is 6.33. The quantitative estimate of drug-likeness (QED) is 0.533. The minimum atomic E-state index is -0.480. The van der Waals surface area contributed by atoms with E-state index in [0.717, 1.165) is 12.8 Å². The Morgan fingerprint density at radius 1 is 1.19 bits per heavy atom. The molecule has 27 heavy (non-hydrogen) atoms. The van der Waals surface area contributed by atoms with Crippen LogP contribution in [0.2, 0.25) is 5.02 Å². The molecule has 8 heteroatoms. The Balaban J connectivity index is 1.83. The summed E-state index contributed by atoms with van der Waals surface area (Å²) in [6.45, 7) is 0. The lowest BCUT2D eigenvalue weighted by Crippen LogP contribution is -2.27. The van der Waals surface area contributed by atoms with Crippen molar-refractivity contribution in [2.75, 3.05) is 0 Å². The summed E-state index contributed by atoms with van der Waals surface area (Å²) < 4.78 is 1.42. The van der Waals surface area contributed by atoms with Crippen molar-refractivity contribution >= 4 is 23.2 Å². The van der Waals surface area contributed by atoms with E-state index in [2.05, 4.69) is 10.4 Å². The van der Waals surface area contributed by atoms with E-state index in [9.17, 15) is 14.9 Å². The zero-order valence-electron chi connectivity index (χ0n) is 14.1. The zero-order valence-corrected chi connectivity index (χ0v) is 14.9. The molecule has 0 bridgehead atoms. The highest BCUT2D eigenvalue weighted by Gasteiger charge is 2.27. The molecule has 1 N–H and O–H groups in total. The molecule has 2 aromatic carbocycles. The van der Waals surface area contributed by atoms with E-state index in [1.807, 2.05) is 18.2 Å². The number of nitrogens with zero attached hydrogens (tertiary/aromatic N) is 3. The van der Waals surface area contributed by atoms with Crippen LogP contribution >= 0.6 is 11.6 Å². The summed E-state index contributed by atoms with van der Waals surface area (Å²) in [7, 11) is 0. The number of aromatic nitrogens is 2. The fourth-order valence-electron chi connectivity index (χ4n) is 2.77. The molecular weight excluding hydrogens is 368 g/mol. The molecule has 1 fully saturated rings. The van der Waals surface area contributed by atoms with Crippen molar-refractivity contribution in [2.24, 2.45) is 0 Å². The number of rotatable bonds is 5. The van der Waals surface area contributed by atoms with Crippen LogP contribution in [0.5, 0.6) is 0 Å². The first-order chi connectivity index (χ1) is 13.0. The Morgan fingerprint density at radius 2 is 1.96 bits per heavy atom. The van der Waals surface area contributed by atoms with Gasteiger partial charge in [0.05, 0.1) is 21.3 Å². The summed E-state index contributed by atoms with van der Waals surface area (Å²) in [6.07, 6.45) is 1.90.